The summed E-state index contributed by atoms with van der Waals surface area (Å²) in [6, 6.07) is 2.10. The predicted molar refractivity (Wildman–Crippen MR) is 115 cm³/mol. The smallest absolute Gasteiger partial charge is 0.277 e. The van der Waals surface area contributed by atoms with Crippen molar-refractivity contribution in [1.29, 1.82) is 0 Å². The summed E-state index contributed by atoms with van der Waals surface area (Å²) >= 11 is 1.70. The van der Waals surface area contributed by atoms with Crippen molar-refractivity contribution in [3.63, 3.8) is 0 Å². The van der Waals surface area contributed by atoms with Crippen molar-refractivity contribution in [2.75, 3.05) is 38.0 Å². The van der Waals surface area contributed by atoms with Crippen LogP contribution in [0.1, 0.15) is 62.9 Å². The molecule has 0 aromatic carbocycles. The fourth-order valence-corrected chi connectivity index (χ4v) is 4.22. The van der Waals surface area contributed by atoms with Gasteiger partial charge in [0.2, 0.25) is 0 Å². The number of ether oxygens (including phenoxy) is 1. The maximum Gasteiger partial charge on any atom is 0.277 e. The Morgan fingerprint density at radius 1 is 1.33 bits per heavy atom. The largest absolute Gasteiger partial charge is 0.385 e. The molecule has 0 aliphatic heterocycles. The van der Waals surface area contributed by atoms with E-state index in [1.807, 2.05) is 6.92 Å². The summed E-state index contributed by atoms with van der Waals surface area (Å²) in [5.74, 6) is 1.69. The third kappa shape index (κ3) is 7.34. The number of carbonyl (C=O) groups excluding carboxylic acids is 1. The molecule has 0 fully saturated rings. The highest BCUT2D eigenvalue weighted by molar-refractivity contribution is 7.99. The van der Waals surface area contributed by atoms with Crippen LogP contribution < -0.4 is 15.2 Å². The first-order chi connectivity index (χ1) is 12.6. The molecule has 0 unspecified atom stereocenters. The number of hydrogen-bond donors (Lipinski definition) is 1. The molecule has 0 aliphatic carbocycles. The van der Waals surface area contributed by atoms with Crippen LogP contribution in [0.15, 0.2) is 11.1 Å². The first-order valence-electron chi connectivity index (χ1n) is 9.82. The monoisotopic (exact) mass is 396 g/mol. The normalized spacial score (nSPS) is 11.7. The Bertz CT molecular complexity index is 627. The molecule has 0 bridgehead atoms. The van der Waals surface area contributed by atoms with Gasteiger partial charge in [0.05, 0.1) is 25.7 Å². The van der Waals surface area contributed by atoms with Gasteiger partial charge in [-0.3, -0.25) is 9.69 Å². The Morgan fingerprint density at radius 2 is 2.00 bits per heavy atom. The molecule has 1 rings (SSSR count). The Morgan fingerprint density at radius 3 is 2.52 bits per heavy atom. The van der Waals surface area contributed by atoms with Crippen LogP contribution in [0.4, 0.5) is 5.82 Å². The van der Waals surface area contributed by atoms with Crippen LogP contribution in [0.25, 0.3) is 0 Å². The van der Waals surface area contributed by atoms with Crippen LogP contribution >= 0.6 is 11.8 Å². The van der Waals surface area contributed by atoms with Crippen molar-refractivity contribution < 1.29 is 14.1 Å². The Labute approximate surface area is 169 Å². The van der Waals surface area contributed by atoms with Crippen LogP contribution in [0.5, 0.6) is 0 Å². The summed E-state index contributed by atoms with van der Waals surface area (Å²) in [5, 5.41) is 0.993. The number of thioether (sulfide) groups is 1. The number of nitrogens with zero attached hydrogens (tertiary/aromatic N) is 2. The van der Waals surface area contributed by atoms with Crippen molar-refractivity contribution in [2.24, 2.45) is 11.1 Å². The van der Waals surface area contributed by atoms with Crippen LogP contribution in [0.3, 0.4) is 0 Å². The zero-order valence-corrected chi connectivity index (χ0v) is 19.0. The Kier molecular flexibility index (Phi) is 9.60. The maximum absolute atomic E-state index is 12.2. The lowest BCUT2D eigenvalue weighted by atomic mass is 9.90. The second-order valence-corrected chi connectivity index (χ2v) is 9.50. The van der Waals surface area contributed by atoms with Gasteiger partial charge in [-0.2, -0.15) is 0 Å². The second-order valence-electron chi connectivity index (χ2n) is 8.25. The van der Waals surface area contributed by atoms with Crippen molar-refractivity contribution in [1.82, 2.24) is 0 Å². The number of carbonyl (C=O) groups is 1. The standard InChI is InChI=1S/C21H37N3O2S/c1-8-27-20-18(19(22)25)16(2)15-17(23(6)12-10-14-26-7)24(20)13-9-11-21(3,4)5/h15H,8-14H2,1-7H3,(H-,22,25)/p+1. The zero-order valence-electron chi connectivity index (χ0n) is 18.2. The lowest BCUT2D eigenvalue weighted by molar-refractivity contribution is -0.721. The number of aromatic nitrogens is 1. The average molecular weight is 397 g/mol. The molecular weight excluding hydrogens is 358 g/mol. The average Bonchev–Trinajstić information content (AvgIpc) is 2.55. The van der Waals surface area contributed by atoms with Crippen LogP contribution in [-0.2, 0) is 11.3 Å². The predicted octanol–water partition coefficient (Wildman–Crippen LogP) is 3.79. The van der Waals surface area contributed by atoms with E-state index in [-0.39, 0.29) is 5.91 Å². The molecule has 0 saturated heterocycles. The molecule has 0 aliphatic rings. The molecule has 1 aromatic rings. The highest BCUT2D eigenvalue weighted by Crippen LogP contribution is 2.27. The van der Waals surface area contributed by atoms with E-state index in [2.05, 4.69) is 50.3 Å². The van der Waals surface area contributed by atoms with Crippen LogP contribution in [0.2, 0.25) is 0 Å². The van der Waals surface area contributed by atoms with Crippen molar-refractivity contribution in [3.8, 4) is 0 Å². The number of amides is 1. The Hall–Kier alpha value is -1.27. The van der Waals surface area contributed by atoms with E-state index >= 15 is 0 Å². The molecule has 0 radical (unpaired) electrons. The summed E-state index contributed by atoms with van der Waals surface area (Å²) in [6.45, 7) is 13.4. The van der Waals surface area contributed by atoms with Gasteiger partial charge in [-0.05, 0) is 36.5 Å². The third-order valence-electron chi connectivity index (χ3n) is 4.54. The summed E-state index contributed by atoms with van der Waals surface area (Å²) < 4.78 is 7.49. The van der Waals surface area contributed by atoms with Crippen LogP contribution in [-0.4, -0.2) is 39.0 Å². The molecule has 27 heavy (non-hydrogen) atoms. The van der Waals surface area contributed by atoms with Gasteiger partial charge in [0.1, 0.15) is 0 Å². The minimum atomic E-state index is -0.346. The summed E-state index contributed by atoms with van der Waals surface area (Å²) in [5.41, 5.74) is 7.64. The molecule has 5 nitrogen and oxygen atoms in total. The topological polar surface area (TPSA) is 59.4 Å². The summed E-state index contributed by atoms with van der Waals surface area (Å²) in [6.07, 6.45) is 3.15. The molecule has 1 heterocycles. The highest BCUT2D eigenvalue weighted by atomic mass is 32.2. The molecule has 154 valence electrons. The SMILES string of the molecule is CCSc1c(C(N)=O)c(C)cc(N(C)CCCOC)[n+]1CCCC(C)(C)C. The van der Waals surface area contributed by atoms with Crippen molar-refractivity contribution >= 4 is 23.5 Å². The maximum atomic E-state index is 12.2. The number of aryl methyl sites for hydroxylation is 1. The van der Waals surface area contributed by atoms with E-state index in [0.29, 0.717) is 11.0 Å². The van der Waals surface area contributed by atoms with E-state index < -0.39 is 0 Å². The van der Waals surface area contributed by atoms with E-state index in [9.17, 15) is 4.79 Å². The van der Waals surface area contributed by atoms with Crippen molar-refractivity contribution in [2.45, 2.75) is 65.5 Å². The molecule has 0 saturated carbocycles. The third-order valence-corrected chi connectivity index (χ3v) is 5.53. The lowest BCUT2D eigenvalue weighted by Crippen LogP contribution is -2.45. The zero-order chi connectivity index (χ0) is 20.6. The number of primary amides is 1. The minimum absolute atomic E-state index is 0.292. The van der Waals surface area contributed by atoms with Gasteiger partial charge in [0.25, 0.3) is 11.7 Å². The van der Waals surface area contributed by atoms with Gasteiger partial charge >= 0.3 is 0 Å². The molecule has 1 aromatic heterocycles. The molecule has 1 amide bonds. The fourth-order valence-electron chi connectivity index (χ4n) is 3.20. The molecule has 2 N–H and O–H groups in total. The van der Waals surface area contributed by atoms with Gasteiger partial charge in [0, 0.05) is 26.2 Å². The number of pyridine rings is 1. The van der Waals surface area contributed by atoms with Gasteiger partial charge in [-0.15, -0.1) is 0 Å². The number of nitrogens with two attached hydrogens (primary N) is 1. The number of methoxy groups -OCH3 is 1. The minimum Gasteiger partial charge on any atom is -0.385 e. The van der Waals surface area contributed by atoms with E-state index in [1.54, 1.807) is 18.9 Å². The molecule has 6 heteroatoms. The molecular formula is C21H38N3O2S+. The first kappa shape index (κ1) is 23.8. The van der Waals surface area contributed by atoms with Crippen molar-refractivity contribution in [3.05, 3.63) is 17.2 Å². The van der Waals surface area contributed by atoms with E-state index in [1.165, 1.54) is 0 Å². The van der Waals surface area contributed by atoms with Gasteiger partial charge in [-0.1, -0.05) is 39.5 Å². The van der Waals surface area contributed by atoms with Gasteiger partial charge in [0.15, 0.2) is 5.03 Å². The summed E-state index contributed by atoms with van der Waals surface area (Å²) in [4.78, 5) is 14.4. The molecule has 0 spiro atoms. The van der Waals surface area contributed by atoms with E-state index in [0.717, 1.165) is 61.1 Å². The number of hydrogen-bond acceptors (Lipinski definition) is 4. The highest BCUT2D eigenvalue weighted by Gasteiger charge is 2.27. The second kappa shape index (κ2) is 10.9. The lowest BCUT2D eigenvalue weighted by Gasteiger charge is -2.22. The Balaban J connectivity index is 3.34. The first-order valence-corrected chi connectivity index (χ1v) is 10.8. The summed E-state index contributed by atoms with van der Waals surface area (Å²) in [7, 11) is 3.84. The molecule has 0 atom stereocenters. The van der Waals surface area contributed by atoms with Crippen LogP contribution in [0, 0.1) is 12.3 Å². The fraction of sp³-hybridized carbons (Fsp3) is 0.714. The van der Waals surface area contributed by atoms with Gasteiger partial charge in [-0.25, -0.2) is 4.57 Å². The van der Waals surface area contributed by atoms with E-state index in [4.69, 9.17) is 10.5 Å². The quantitative estimate of drug-likeness (QED) is 0.351. The van der Waals surface area contributed by atoms with Gasteiger partial charge < -0.3 is 10.5 Å². The number of rotatable bonds is 11. The number of anilines is 1.